The molecular weight excluding hydrogens is 320 g/mol. The molecule has 1 atom stereocenters. The second-order valence-electron chi connectivity index (χ2n) is 6.65. The van der Waals surface area contributed by atoms with E-state index in [0.717, 1.165) is 44.8 Å². The predicted molar refractivity (Wildman–Crippen MR) is 104 cm³/mol. The van der Waals surface area contributed by atoms with Crippen LogP contribution in [0, 0.1) is 5.92 Å². The number of carbonyl (C=O) groups is 1. The maximum absolute atomic E-state index is 12.9. The molecule has 1 aliphatic rings. The molecule has 136 valence electrons. The summed E-state index contributed by atoms with van der Waals surface area (Å²) in [5, 5.41) is 3.40. The second-order valence-corrected chi connectivity index (χ2v) is 6.65. The van der Waals surface area contributed by atoms with Crippen molar-refractivity contribution in [1.29, 1.82) is 0 Å². The molecule has 1 fully saturated rings. The SMILES string of the molecule is CCCN(C(=O)CCC1CCNCC1)C(CC)c1ccccc1.Cl. The lowest BCUT2D eigenvalue weighted by atomic mass is 9.92. The van der Waals surface area contributed by atoms with Crippen molar-refractivity contribution < 1.29 is 4.79 Å². The van der Waals surface area contributed by atoms with Crippen molar-refractivity contribution in [2.45, 2.75) is 58.4 Å². The van der Waals surface area contributed by atoms with Crippen LogP contribution in [-0.2, 0) is 4.79 Å². The number of carbonyl (C=O) groups excluding carboxylic acids is 1. The van der Waals surface area contributed by atoms with Gasteiger partial charge < -0.3 is 10.2 Å². The number of hydrogen-bond donors (Lipinski definition) is 1. The molecule has 0 aromatic heterocycles. The van der Waals surface area contributed by atoms with Gasteiger partial charge in [-0.3, -0.25) is 4.79 Å². The number of nitrogens with one attached hydrogen (secondary N) is 1. The van der Waals surface area contributed by atoms with E-state index in [-0.39, 0.29) is 18.4 Å². The molecule has 0 radical (unpaired) electrons. The van der Waals surface area contributed by atoms with Crippen LogP contribution in [0.5, 0.6) is 0 Å². The van der Waals surface area contributed by atoms with Crippen LogP contribution in [0.2, 0.25) is 0 Å². The Hall–Kier alpha value is -1.06. The highest BCUT2D eigenvalue weighted by atomic mass is 35.5. The molecule has 0 aliphatic carbocycles. The van der Waals surface area contributed by atoms with Crippen LogP contribution in [0.15, 0.2) is 30.3 Å². The molecule has 1 N–H and O–H groups in total. The van der Waals surface area contributed by atoms with Crippen molar-refractivity contribution in [2.75, 3.05) is 19.6 Å². The molecule has 1 aliphatic heterocycles. The molecule has 4 heteroatoms. The molecule has 2 rings (SSSR count). The normalized spacial score (nSPS) is 16.2. The van der Waals surface area contributed by atoms with E-state index in [2.05, 4.69) is 48.3 Å². The summed E-state index contributed by atoms with van der Waals surface area (Å²) < 4.78 is 0. The topological polar surface area (TPSA) is 32.3 Å². The van der Waals surface area contributed by atoms with Crippen LogP contribution >= 0.6 is 12.4 Å². The lowest BCUT2D eigenvalue weighted by molar-refractivity contribution is -0.134. The van der Waals surface area contributed by atoms with Crippen molar-refractivity contribution in [3.05, 3.63) is 35.9 Å². The summed E-state index contributed by atoms with van der Waals surface area (Å²) in [7, 11) is 0. The third-order valence-electron chi connectivity index (χ3n) is 4.96. The number of benzene rings is 1. The van der Waals surface area contributed by atoms with Gasteiger partial charge in [-0.25, -0.2) is 0 Å². The zero-order valence-corrected chi connectivity index (χ0v) is 16.0. The lowest BCUT2D eigenvalue weighted by Gasteiger charge is -2.32. The van der Waals surface area contributed by atoms with Crippen molar-refractivity contribution in [3.63, 3.8) is 0 Å². The highest BCUT2D eigenvalue weighted by Crippen LogP contribution is 2.26. The Morgan fingerprint density at radius 3 is 2.46 bits per heavy atom. The quantitative estimate of drug-likeness (QED) is 0.742. The largest absolute Gasteiger partial charge is 0.336 e. The van der Waals surface area contributed by atoms with Gasteiger partial charge in [-0.1, -0.05) is 44.2 Å². The van der Waals surface area contributed by atoms with Gasteiger partial charge in [0.05, 0.1) is 6.04 Å². The minimum absolute atomic E-state index is 0. The van der Waals surface area contributed by atoms with E-state index in [0.29, 0.717) is 12.3 Å². The average Bonchev–Trinajstić information content (AvgIpc) is 2.61. The highest BCUT2D eigenvalue weighted by molar-refractivity contribution is 5.85. The predicted octanol–water partition coefficient (Wildman–Crippen LogP) is 4.58. The van der Waals surface area contributed by atoms with Gasteiger partial charge >= 0.3 is 0 Å². The maximum Gasteiger partial charge on any atom is 0.223 e. The fourth-order valence-electron chi connectivity index (χ4n) is 3.65. The van der Waals surface area contributed by atoms with E-state index in [1.807, 2.05) is 6.07 Å². The van der Waals surface area contributed by atoms with Crippen LogP contribution in [-0.4, -0.2) is 30.4 Å². The summed E-state index contributed by atoms with van der Waals surface area (Å²) in [6.45, 7) is 7.42. The first-order valence-corrected chi connectivity index (χ1v) is 9.31. The molecule has 1 unspecified atom stereocenters. The van der Waals surface area contributed by atoms with E-state index < -0.39 is 0 Å². The number of halogens is 1. The maximum atomic E-state index is 12.9. The zero-order chi connectivity index (χ0) is 16.5. The van der Waals surface area contributed by atoms with E-state index >= 15 is 0 Å². The van der Waals surface area contributed by atoms with Crippen LogP contribution < -0.4 is 5.32 Å². The van der Waals surface area contributed by atoms with Crippen LogP contribution in [0.1, 0.15) is 64.0 Å². The first-order valence-electron chi connectivity index (χ1n) is 9.31. The average molecular weight is 353 g/mol. The summed E-state index contributed by atoms with van der Waals surface area (Å²) in [6, 6.07) is 10.7. The molecule has 0 spiro atoms. The van der Waals surface area contributed by atoms with E-state index in [9.17, 15) is 4.79 Å². The van der Waals surface area contributed by atoms with Crippen LogP contribution in [0.3, 0.4) is 0 Å². The Labute approximate surface area is 153 Å². The first kappa shape index (κ1) is 21.0. The third kappa shape index (κ3) is 6.10. The molecule has 1 amide bonds. The van der Waals surface area contributed by atoms with Crippen molar-refractivity contribution in [3.8, 4) is 0 Å². The molecular formula is C20H33ClN2O. The fourth-order valence-corrected chi connectivity index (χ4v) is 3.65. The standard InChI is InChI=1S/C20H32N2O.ClH/c1-3-16-22(19(4-2)18-8-6-5-7-9-18)20(23)11-10-17-12-14-21-15-13-17;/h5-9,17,19,21H,3-4,10-16H2,1-2H3;1H. The van der Waals surface area contributed by atoms with Gasteiger partial charge in [0.1, 0.15) is 0 Å². The number of nitrogens with zero attached hydrogens (tertiary/aromatic N) is 1. The van der Waals surface area contributed by atoms with E-state index in [1.54, 1.807) is 0 Å². The molecule has 1 aromatic carbocycles. The fraction of sp³-hybridized carbons (Fsp3) is 0.650. The molecule has 0 bridgehead atoms. The summed E-state index contributed by atoms with van der Waals surface area (Å²) >= 11 is 0. The molecule has 1 saturated heterocycles. The minimum Gasteiger partial charge on any atom is -0.336 e. The van der Waals surface area contributed by atoms with Crippen molar-refractivity contribution >= 4 is 18.3 Å². The minimum atomic E-state index is 0. The van der Waals surface area contributed by atoms with Gasteiger partial charge in [-0.05, 0) is 56.7 Å². The van der Waals surface area contributed by atoms with Gasteiger partial charge in [0.2, 0.25) is 5.91 Å². The zero-order valence-electron chi connectivity index (χ0n) is 15.2. The van der Waals surface area contributed by atoms with Crippen molar-refractivity contribution in [1.82, 2.24) is 10.2 Å². The monoisotopic (exact) mass is 352 g/mol. The van der Waals surface area contributed by atoms with Gasteiger partial charge in [0.15, 0.2) is 0 Å². The number of amides is 1. The van der Waals surface area contributed by atoms with Gasteiger partial charge in [-0.15, -0.1) is 12.4 Å². The number of rotatable bonds is 8. The van der Waals surface area contributed by atoms with Gasteiger partial charge in [-0.2, -0.15) is 0 Å². The van der Waals surface area contributed by atoms with E-state index in [4.69, 9.17) is 0 Å². The Kier molecular flexibility index (Phi) is 10.0. The summed E-state index contributed by atoms with van der Waals surface area (Å²) in [4.78, 5) is 15.0. The third-order valence-corrected chi connectivity index (χ3v) is 4.96. The van der Waals surface area contributed by atoms with Crippen LogP contribution in [0.4, 0.5) is 0 Å². The van der Waals surface area contributed by atoms with Gasteiger partial charge in [0.25, 0.3) is 0 Å². The van der Waals surface area contributed by atoms with Crippen LogP contribution in [0.25, 0.3) is 0 Å². The molecule has 24 heavy (non-hydrogen) atoms. The Balaban J connectivity index is 0.00000288. The summed E-state index contributed by atoms with van der Waals surface area (Å²) in [5.74, 6) is 1.06. The molecule has 1 heterocycles. The highest BCUT2D eigenvalue weighted by Gasteiger charge is 2.24. The van der Waals surface area contributed by atoms with Crippen molar-refractivity contribution in [2.24, 2.45) is 5.92 Å². The summed E-state index contributed by atoms with van der Waals surface area (Å²) in [6.07, 6.45) is 6.18. The summed E-state index contributed by atoms with van der Waals surface area (Å²) in [5.41, 5.74) is 1.26. The smallest absolute Gasteiger partial charge is 0.223 e. The first-order chi connectivity index (χ1) is 11.3. The van der Waals surface area contributed by atoms with E-state index in [1.165, 1.54) is 18.4 Å². The number of hydrogen-bond acceptors (Lipinski definition) is 2. The number of piperidine rings is 1. The Morgan fingerprint density at radius 2 is 1.88 bits per heavy atom. The lowest BCUT2D eigenvalue weighted by Crippen LogP contribution is -2.36. The molecule has 1 aromatic rings. The molecule has 0 saturated carbocycles. The molecule has 3 nitrogen and oxygen atoms in total. The Morgan fingerprint density at radius 1 is 1.21 bits per heavy atom. The second kappa shape index (κ2) is 11.5. The van der Waals surface area contributed by atoms with Gasteiger partial charge in [0, 0.05) is 13.0 Å². The Bertz CT molecular complexity index is 460.